The Morgan fingerprint density at radius 3 is 2.27 bits per heavy atom. The minimum atomic E-state index is -3.53. The lowest BCUT2D eigenvalue weighted by atomic mass is 10.2. The Kier molecular flexibility index (Phi) is 9.32. The van der Waals surface area contributed by atoms with Gasteiger partial charge in [-0.05, 0) is 24.3 Å². The summed E-state index contributed by atoms with van der Waals surface area (Å²) in [6.07, 6.45) is -0.671. The molecule has 0 aliphatic carbocycles. The number of benzene rings is 1. The first-order valence-corrected chi connectivity index (χ1v) is 11.3. The van der Waals surface area contributed by atoms with Gasteiger partial charge in [0.2, 0.25) is 15.9 Å². The van der Waals surface area contributed by atoms with Crippen molar-refractivity contribution in [3.63, 3.8) is 0 Å². The average Bonchev–Trinajstić information content (AvgIpc) is 2.73. The van der Waals surface area contributed by atoms with E-state index in [0.717, 1.165) is 13.1 Å². The minimum Gasteiger partial charge on any atom is -1.00 e. The van der Waals surface area contributed by atoms with E-state index in [1.807, 2.05) is 0 Å². The van der Waals surface area contributed by atoms with Gasteiger partial charge in [-0.2, -0.15) is 4.31 Å². The van der Waals surface area contributed by atoms with Crippen LogP contribution in [0, 0.1) is 0 Å². The summed E-state index contributed by atoms with van der Waals surface area (Å²) in [5.41, 5.74) is 0. The SMILES string of the molecule is CC(=O)N1CCN(CC(O)COc2ccc(S(=O)(=O)N3CCOCC3)cc2)CC1.[Cl-]. The first-order chi connectivity index (χ1) is 13.9. The Balaban J connectivity index is 0.00000320. The van der Waals surface area contributed by atoms with Crippen molar-refractivity contribution in [2.75, 3.05) is 65.6 Å². The highest BCUT2D eigenvalue weighted by molar-refractivity contribution is 7.89. The van der Waals surface area contributed by atoms with Gasteiger partial charge < -0.3 is 31.9 Å². The fourth-order valence-electron chi connectivity index (χ4n) is 3.43. The van der Waals surface area contributed by atoms with E-state index in [-0.39, 0.29) is 29.8 Å². The molecule has 170 valence electrons. The summed E-state index contributed by atoms with van der Waals surface area (Å²) < 4.78 is 37.5. The number of aliphatic hydroxyl groups excluding tert-OH is 1. The van der Waals surface area contributed by atoms with E-state index in [4.69, 9.17) is 9.47 Å². The highest BCUT2D eigenvalue weighted by atomic mass is 35.5. The Morgan fingerprint density at radius 1 is 1.10 bits per heavy atom. The van der Waals surface area contributed by atoms with Gasteiger partial charge in [0, 0.05) is 52.7 Å². The number of aliphatic hydroxyl groups is 1. The molecule has 2 saturated heterocycles. The zero-order valence-corrected chi connectivity index (χ0v) is 18.6. The van der Waals surface area contributed by atoms with Crippen molar-refractivity contribution in [2.45, 2.75) is 17.9 Å². The molecule has 1 unspecified atom stereocenters. The van der Waals surface area contributed by atoms with Crippen molar-refractivity contribution in [3.8, 4) is 5.75 Å². The molecule has 2 fully saturated rings. The fraction of sp³-hybridized carbons (Fsp3) is 0.632. The largest absolute Gasteiger partial charge is 1.00 e. The minimum absolute atomic E-state index is 0. The van der Waals surface area contributed by atoms with E-state index < -0.39 is 16.1 Å². The van der Waals surface area contributed by atoms with E-state index >= 15 is 0 Å². The molecule has 11 heteroatoms. The molecule has 3 rings (SSSR count). The summed E-state index contributed by atoms with van der Waals surface area (Å²) in [5, 5.41) is 10.2. The van der Waals surface area contributed by atoms with Crippen molar-refractivity contribution in [1.82, 2.24) is 14.1 Å². The van der Waals surface area contributed by atoms with Crippen LogP contribution in [0.2, 0.25) is 0 Å². The predicted octanol–water partition coefficient (Wildman–Crippen LogP) is -3.38. The van der Waals surface area contributed by atoms with Gasteiger partial charge in [0.25, 0.3) is 0 Å². The number of nitrogens with zero attached hydrogens (tertiary/aromatic N) is 3. The molecular formula is C19H29ClN3O6S-. The lowest BCUT2D eigenvalue weighted by Gasteiger charge is -2.35. The van der Waals surface area contributed by atoms with Gasteiger partial charge in [0.05, 0.1) is 18.1 Å². The lowest BCUT2D eigenvalue weighted by molar-refractivity contribution is -0.130. The third kappa shape index (κ3) is 6.53. The smallest absolute Gasteiger partial charge is 0.243 e. The molecule has 9 nitrogen and oxygen atoms in total. The number of hydrogen-bond donors (Lipinski definition) is 1. The second kappa shape index (κ2) is 11.3. The number of ether oxygens (including phenoxy) is 2. The van der Waals surface area contributed by atoms with Gasteiger partial charge in [-0.15, -0.1) is 0 Å². The zero-order chi connectivity index (χ0) is 20.9. The highest BCUT2D eigenvalue weighted by Gasteiger charge is 2.26. The predicted molar refractivity (Wildman–Crippen MR) is 106 cm³/mol. The van der Waals surface area contributed by atoms with Crippen LogP contribution in [0.1, 0.15) is 6.92 Å². The molecule has 0 radical (unpaired) electrons. The van der Waals surface area contributed by atoms with Gasteiger partial charge >= 0.3 is 0 Å². The second-order valence-corrected chi connectivity index (χ2v) is 9.20. The number of carbonyl (C=O) groups excluding carboxylic acids is 1. The van der Waals surface area contributed by atoms with Crippen LogP contribution in [0.15, 0.2) is 29.2 Å². The highest BCUT2D eigenvalue weighted by Crippen LogP contribution is 2.20. The van der Waals surface area contributed by atoms with E-state index in [0.29, 0.717) is 51.7 Å². The molecule has 1 aromatic rings. The molecule has 2 aliphatic heterocycles. The summed E-state index contributed by atoms with van der Waals surface area (Å²) in [7, 11) is -3.53. The Hall–Kier alpha value is -1.43. The maximum absolute atomic E-state index is 12.6. The number of piperazine rings is 1. The number of rotatable bonds is 7. The quantitative estimate of drug-likeness (QED) is 0.451. The average molecular weight is 463 g/mol. The standard InChI is InChI=1S/C19H29N3O6S.ClH/c1-16(23)21-8-6-20(7-9-21)14-17(24)15-28-18-2-4-19(5-3-18)29(25,26)22-10-12-27-13-11-22;/h2-5,17,24H,6-15H2,1H3;1H/p-1. The number of carbonyl (C=O) groups is 1. The van der Waals surface area contributed by atoms with Crippen molar-refractivity contribution in [3.05, 3.63) is 24.3 Å². The molecule has 0 aromatic heterocycles. The second-order valence-electron chi connectivity index (χ2n) is 7.26. The van der Waals surface area contributed by atoms with Crippen LogP contribution in [0.5, 0.6) is 5.75 Å². The Bertz CT molecular complexity index is 778. The fourth-order valence-corrected chi connectivity index (χ4v) is 4.84. The van der Waals surface area contributed by atoms with E-state index in [2.05, 4.69) is 4.90 Å². The van der Waals surface area contributed by atoms with Gasteiger partial charge in [-0.3, -0.25) is 9.69 Å². The molecule has 30 heavy (non-hydrogen) atoms. The summed E-state index contributed by atoms with van der Waals surface area (Å²) in [6, 6.07) is 6.25. The van der Waals surface area contributed by atoms with Crippen LogP contribution in [0.25, 0.3) is 0 Å². The van der Waals surface area contributed by atoms with Gasteiger partial charge in [0.1, 0.15) is 18.5 Å². The number of morpholine rings is 1. The summed E-state index contributed by atoms with van der Waals surface area (Å²) >= 11 is 0. The molecule has 0 bridgehead atoms. The number of amides is 1. The van der Waals surface area contributed by atoms with Crippen LogP contribution in [0.4, 0.5) is 0 Å². The first kappa shape index (κ1) is 24.8. The van der Waals surface area contributed by atoms with Crippen molar-refractivity contribution >= 4 is 15.9 Å². The molecule has 1 atom stereocenters. The molecule has 1 amide bonds. The number of β-amino-alcohol motifs (C(OH)–C–C–N with tert-alkyl or cyclic N) is 1. The van der Waals surface area contributed by atoms with E-state index in [1.54, 1.807) is 24.0 Å². The molecule has 1 aromatic carbocycles. The van der Waals surface area contributed by atoms with Crippen LogP contribution in [-0.4, -0.2) is 105 Å². The van der Waals surface area contributed by atoms with Crippen LogP contribution in [0.3, 0.4) is 0 Å². The normalized spacial score (nSPS) is 19.7. The number of sulfonamides is 1. The van der Waals surface area contributed by atoms with Gasteiger partial charge in [-0.1, -0.05) is 0 Å². The molecule has 2 heterocycles. The molecular weight excluding hydrogens is 434 g/mol. The molecule has 1 N–H and O–H groups in total. The maximum atomic E-state index is 12.6. The molecule has 0 spiro atoms. The summed E-state index contributed by atoms with van der Waals surface area (Å²) in [5.74, 6) is 0.582. The third-order valence-electron chi connectivity index (χ3n) is 5.16. The Morgan fingerprint density at radius 2 is 1.70 bits per heavy atom. The third-order valence-corrected chi connectivity index (χ3v) is 7.07. The summed E-state index contributed by atoms with van der Waals surface area (Å²) in [4.78, 5) is 15.5. The van der Waals surface area contributed by atoms with E-state index in [1.165, 1.54) is 16.4 Å². The number of halogens is 1. The topological polar surface area (TPSA) is 99.6 Å². The summed E-state index contributed by atoms with van der Waals surface area (Å²) in [6.45, 7) is 6.46. The maximum Gasteiger partial charge on any atom is 0.243 e. The molecule has 0 saturated carbocycles. The lowest BCUT2D eigenvalue weighted by Crippen LogP contribution is -3.00. The molecule has 2 aliphatic rings. The van der Waals surface area contributed by atoms with Gasteiger partial charge in [0.15, 0.2) is 0 Å². The van der Waals surface area contributed by atoms with Crippen molar-refractivity contribution in [2.24, 2.45) is 0 Å². The van der Waals surface area contributed by atoms with E-state index in [9.17, 15) is 18.3 Å². The van der Waals surface area contributed by atoms with Crippen molar-refractivity contribution < 1.29 is 40.2 Å². The van der Waals surface area contributed by atoms with Gasteiger partial charge in [-0.25, -0.2) is 8.42 Å². The first-order valence-electron chi connectivity index (χ1n) is 9.83. The van der Waals surface area contributed by atoms with Crippen molar-refractivity contribution in [1.29, 1.82) is 0 Å². The van der Waals surface area contributed by atoms with Crippen LogP contribution in [-0.2, 0) is 19.6 Å². The van der Waals surface area contributed by atoms with Crippen LogP contribution >= 0.6 is 0 Å². The van der Waals surface area contributed by atoms with Crippen LogP contribution < -0.4 is 17.1 Å². The zero-order valence-electron chi connectivity index (χ0n) is 17.1. The number of hydrogen-bond acceptors (Lipinski definition) is 7. The monoisotopic (exact) mass is 462 g/mol. The Labute approximate surface area is 184 Å².